The van der Waals surface area contributed by atoms with Crippen molar-refractivity contribution >= 4 is 40.4 Å². The fraction of sp³-hybridized carbons (Fsp3) is 0.436. The molecule has 0 unspecified atom stereocenters. The Bertz CT molecular complexity index is 1990. The Kier molecular flexibility index (Phi) is 9.05. The fourth-order valence-corrected chi connectivity index (χ4v) is 9.35. The second-order valence-electron chi connectivity index (χ2n) is 13.9. The molecule has 260 valence electrons. The zero-order valence-corrected chi connectivity index (χ0v) is 29.5. The average molecular weight is 694 g/mol. The molecule has 11 heteroatoms. The highest BCUT2D eigenvalue weighted by Gasteiger charge is 2.34. The van der Waals surface area contributed by atoms with Crippen LogP contribution in [0.3, 0.4) is 0 Å². The Morgan fingerprint density at radius 2 is 1.78 bits per heavy atom. The van der Waals surface area contributed by atoms with Crippen molar-refractivity contribution in [3.63, 3.8) is 0 Å². The number of hydrogen-bond donors (Lipinski definition) is 1. The van der Waals surface area contributed by atoms with Crippen molar-refractivity contribution in [3.8, 4) is 11.3 Å². The van der Waals surface area contributed by atoms with Crippen LogP contribution in [0.4, 0.5) is 17.2 Å². The van der Waals surface area contributed by atoms with E-state index in [0.29, 0.717) is 41.0 Å². The van der Waals surface area contributed by atoms with Gasteiger partial charge in [-0.15, -0.1) is 11.3 Å². The molecule has 0 bridgehead atoms. The average Bonchev–Trinajstić information content (AvgIpc) is 3.49. The van der Waals surface area contributed by atoms with Crippen LogP contribution < -0.4 is 15.8 Å². The standard InChI is InChI=1S/C39H43N5O5S/c1-24(45)49-23-32-29(7-5-8-34(32)44-19-16-31-30-6-3-4-9-35(30)50-36(31)38(44)46)33-20-42(2)39(47)37(41-33)40-27-12-10-25(11-13-27)26-14-17-43(18-15-26)28-21-48-22-28/h5,7-8,10-13,20,26,28H,3-4,6,9,14-19,21-23H2,1-2H3,(H,40,41). The van der Waals surface area contributed by atoms with Gasteiger partial charge in [-0.3, -0.25) is 19.3 Å². The number of nitrogens with zero attached hydrogens (tertiary/aromatic N) is 4. The lowest BCUT2D eigenvalue weighted by Crippen LogP contribution is -2.51. The molecule has 8 rings (SSSR count). The minimum absolute atomic E-state index is 0.00962. The second-order valence-corrected chi connectivity index (χ2v) is 15.1. The van der Waals surface area contributed by atoms with E-state index in [9.17, 15) is 14.4 Å². The lowest BCUT2D eigenvalue weighted by atomic mass is 9.88. The van der Waals surface area contributed by atoms with E-state index in [0.717, 1.165) is 69.0 Å². The SMILES string of the molecule is CC(=O)OCc1c(-c2cn(C)c(=O)c(Nc3ccc(C4CCN(C5COC5)CC4)cc3)n2)cccc1N1CCc2c(sc3c2CCCC3)C1=O. The van der Waals surface area contributed by atoms with Gasteiger partial charge < -0.3 is 24.3 Å². The molecule has 0 spiro atoms. The zero-order valence-electron chi connectivity index (χ0n) is 28.7. The number of amides is 1. The summed E-state index contributed by atoms with van der Waals surface area (Å²) in [6.07, 6.45) is 9.18. The molecule has 0 saturated carbocycles. The van der Waals surface area contributed by atoms with E-state index in [-0.39, 0.29) is 23.9 Å². The van der Waals surface area contributed by atoms with Crippen LogP contribution in [-0.2, 0) is 47.2 Å². The van der Waals surface area contributed by atoms with E-state index >= 15 is 0 Å². The van der Waals surface area contributed by atoms with E-state index in [1.165, 1.54) is 45.9 Å². The van der Waals surface area contributed by atoms with Crippen molar-refractivity contribution in [3.05, 3.63) is 91.0 Å². The third-order valence-electron chi connectivity index (χ3n) is 10.8. The van der Waals surface area contributed by atoms with E-state index < -0.39 is 5.97 Å². The summed E-state index contributed by atoms with van der Waals surface area (Å²) in [6, 6.07) is 14.6. The topological polar surface area (TPSA) is 106 Å². The van der Waals surface area contributed by atoms with Crippen molar-refractivity contribution in [2.24, 2.45) is 7.05 Å². The molecular formula is C39H43N5O5S. The lowest BCUT2D eigenvalue weighted by Gasteiger charge is -2.41. The van der Waals surface area contributed by atoms with Crippen molar-refractivity contribution < 1.29 is 19.1 Å². The molecule has 4 aromatic rings. The third-order valence-corrected chi connectivity index (χ3v) is 12.1. The molecule has 3 aliphatic heterocycles. The van der Waals surface area contributed by atoms with Crippen LogP contribution in [0.15, 0.2) is 53.5 Å². The van der Waals surface area contributed by atoms with Gasteiger partial charge in [0.1, 0.15) is 6.61 Å². The molecule has 1 aliphatic carbocycles. The first kappa shape index (κ1) is 32.9. The number of likely N-dealkylation sites (tertiary alicyclic amines) is 1. The van der Waals surface area contributed by atoms with E-state index in [4.69, 9.17) is 14.5 Å². The smallest absolute Gasteiger partial charge is 0.302 e. The van der Waals surface area contributed by atoms with Crippen LogP contribution in [0, 0.1) is 0 Å². The number of nitrogens with one attached hydrogen (secondary N) is 1. The van der Waals surface area contributed by atoms with Crippen LogP contribution in [0.25, 0.3) is 11.3 Å². The maximum absolute atomic E-state index is 14.1. The van der Waals surface area contributed by atoms with Crippen molar-refractivity contribution in [2.75, 3.05) is 43.1 Å². The van der Waals surface area contributed by atoms with Crippen LogP contribution in [0.1, 0.15) is 75.3 Å². The summed E-state index contributed by atoms with van der Waals surface area (Å²) in [5, 5.41) is 3.26. The Balaban J connectivity index is 1.07. The van der Waals surface area contributed by atoms with Crippen molar-refractivity contribution in [1.82, 2.24) is 14.5 Å². The first-order valence-electron chi connectivity index (χ1n) is 17.8. The number of esters is 1. The third kappa shape index (κ3) is 6.27. The Labute approximate surface area is 296 Å². The number of thiophene rings is 1. The highest BCUT2D eigenvalue weighted by molar-refractivity contribution is 7.14. The van der Waals surface area contributed by atoms with Gasteiger partial charge in [0.2, 0.25) is 0 Å². The zero-order chi connectivity index (χ0) is 34.4. The van der Waals surface area contributed by atoms with Gasteiger partial charge in [0.25, 0.3) is 11.5 Å². The quantitative estimate of drug-likeness (QED) is 0.225. The Morgan fingerprint density at radius 3 is 2.52 bits per heavy atom. The first-order chi connectivity index (χ1) is 24.3. The summed E-state index contributed by atoms with van der Waals surface area (Å²) < 4.78 is 12.5. The number of piperidine rings is 1. The van der Waals surface area contributed by atoms with Crippen molar-refractivity contribution in [2.45, 2.75) is 70.4 Å². The predicted octanol–water partition coefficient (Wildman–Crippen LogP) is 5.98. The van der Waals surface area contributed by atoms with Gasteiger partial charge in [-0.2, -0.15) is 0 Å². The molecule has 50 heavy (non-hydrogen) atoms. The minimum atomic E-state index is -0.415. The summed E-state index contributed by atoms with van der Waals surface area (Å²) >= 11 is 1.65. The molecule has 0 atom stereocenters. The van der Waals surface area contributed by atoms with Gasteiger partial charge in [-0.1, -0.05) is 24.3 Å². The van der Waals surface area contributed by atoms with Gasteiger partial charge in [-0.25, -0.2) is 4.98 Å². The van der Waals surface area contributed by atoms with Gasteiger partial charge in [0, 0.05) is 48.4 Å². The highest BCUT2D eigenvalue weighted by Crippen LogP contribution is 2.40. The molecule has 1 amide bonds. The van der Waals surface area contributed by atoms with E-state index in [1.807, 2.05) is 35.2 Å². The number of hydrogen-bond acceptors (Lipinski definition) is 9. The minimum Gasteiger partial charge on any atom is -0.461 e. The molecule has 10 nitrogen and oxygen atoms in total. The molecule has 0 radical (unpaired) electrons. The molecule has 2 aromatic heterocycles. The molecule has 1 N–H and O–H groups in total. The lowest BCUT2D eigenvalue weighted by molar-refractivity contribution is -0.142. The largest absolute Gasteiger partial charge is 0.461 e. The molecule has 2 fully saturated rings. The maximum atomic E-state index is 14.1. The van der Waals surface area contributed by atoms with Crippen LogP contribution in [0.5, 0.6) is 0 Å². The number of ether oxygens (including phenoxy) is 2. The Morgan fingerprint density at radius 1 is 1.00 bits per heavy atom. The van der Waals surface area contributed by atoms with Gasteiger partial charge in [0.15, 0.2) is 5.82 Å². The second kappa shape index (κ2) is 13.8. The molecule has 2 aromatic carbocycles. The summed E-state index contributed by atoms with van der Waals surface area (Å²) in [7, 11) is 1.70. The number of carbonyl (C=O) groups excluding carboxylic acids is 2. The Hall–Kier alpha value is -4.32. The number of fused-ring (bicyclic) bond motifs is 3. The summed E-state index contributed by atoms with van der Waals surface area (Å²) in [5.74, 6) is 0.286. The monoisotopic (exact) mass is 693 g/mol. The molecule has 5 heterocycles. The number of carbonyl (C=O) groups is 2. The number of rotatable bonds is 8. The number of benzene rings is 2. The van der Waals surface area contributed by atoms with Crippen LogP contribution in [0.2, 0.25) is 0 Å². The molecule has 2 saturated heterocycles. The normalized spacial score (nSPS) is 18.4. The number of anilines is 3. The van der Waals surface area contributed by atoms with E-state index in [2.05, 4.69) is 22.3 Å². The maximum Gasteiger partial charge on any atom is 0.302 e. The number of aromatic nitrogens is 2. The van der Waals surface area contributed by atoms with Gasteiger partial charge in [-0.05, 0) is 98.8 Å². The van der Waals surface area contributed by atoms with Gasteiger partial charge in [0.05, 0.1) is 35.5 Å². The van der Waals surface area contributed by atoms with Crippen molar-refractivity contribution in [1.29, 1.82) is 0 Å². The summed E-state index contributed by atoms with van der Waals surface area (Å²) in [6.45, 7) is 5.79. The van der Waals surface area contributed by atoms with Gasteiger partial charge >= 0.3 is 5.97 Å². The molecular weight excluding hydrogens is 651 g/mol. The summed E-state index contributed by atoms with van der Waals surface area (Å²) in [4.78, 5) is 50.8. The van der Waals surface area contributed by atoms with Crippen LogP contribution >= 0.6 is 11.3 Å². The first-order valence-corrected chi connectivity index (χ1v) is 18.6. The molecule has 4 aliphatic rings. The van der Waals surface area contributed by atoms with E-state index in [1.54, 1.807) is 24.6 Å². The fourth-order valence-electron chi connectivity index (χ4n) is 7.96. The number of aryl methyl sites for hydroxylation is 2. The highest BCUT2D eigenvalue weighted by atomic mass is 32.1. The van der Waals surface area contributed by atoms with Crippen LogP contribution in [-0.4, -0.2) is 65.2 Å². The summed E-state index contributed by atoms with van der Waals surface area (Å²) in [5.41, 5.74) is 7.04. The predicted molar refractivity (Wildman–Crippen MR) is 195 cm³/mol.